The van der Waals surface area contributed by atoms with Crippen LogP contribution in [0, 0.1) is 45.8 Å². The van der Waals surface area contributed by atoms with Crippen LogP contribution in [0.15, 0.2) is 0 Å². The largest absolute Gasteiger partial charge is 0.471 e. The number of carbonyl (C=O) groups is 4. The molecule has 5 rings (SSSR count). The number of nitrogens with one attached hydrogen (secondary N) is 3. The average molecular weight is 579 g/mol. The molecule has 11 nitrogen and oxygen atoms in total. The molecule has 0 aromatic carbocycles. The van der Waals surface area contributed by atoms with Gasteiger partial charge in [0.05, 0.1) is 18.2 Å². The van der Waals surface area contributed by atoms with E-state index in [-0.39, 0.29) is 41.7 Å². The molecule has 1 spiro atoms. The summed E-state index contributed by atoms with van der Waals surface area (Å²) in [6, 6.07) is 0.0372. The number of carbonyl (C=O) groups excluding carboxylic acids is 4. The number of hydrogen-bond donors (Lipinski definition) is 3. The summed E-state index contributed by atoms with van der Waals surface area (Å²) in [5.74, 6) is -4.98. The summed E-state index contributed by atoms with van der Waals surface area (Å²) in [6.07, 6.45) is -3.47. The molecule has 0 aromatic rings. The quantitative estimate of drug-likeness (QED) is 0.368. The Bertz CT molecular complexity index is 1250. The van der Waals surface area contributed by atoms with Crippen molar-refractivity contribution < 1.29 is 37.1 Å². The first-order valence-electron chi connectivity index (χ1n) is 13.9. The maximum Gasteiger partial charge on any atom is 0.471 e. The molecule has 0 aromatic heterocycles. The highest BCUT2D eigenvalue weighted by atomic mass is 19.4. The molecule has 4 amide bonds. The van der Waals surface area contributed by atoms with E-state index in [0.717, 1.165) is 17.7 Å². The lowest BCUT2D eigenvalue weighted by Crippen LogP contribution is -2.61. The summed E-state index contributed by atoms with van der Waals surface area (Å²) in [5, 5.41) is 26.5. The van der Waals surface area contributed by atoms with Crippen molar-refractivity contribution >= 4 is 23.6 Å². The fourth-order valence-electron chi connectivity index (χ4n) is 6.72. The van der Waals surface area contributed by atoms with Crippen LogP contribution in [0.5, 0.6) is 0 Å². The molecule has 3 saturated carbocycles. The Kier molecular flexibility index (Phi) is 6.80. The van der Waals surface area contributed by atoms with Crippen molar-refractivity contribution in [3.05, 3.63) is 0 Å². The van der Waals surface area contributed by atoms with Gasteiger partial charge in [-0.05, 0) is 62.7 Å². The molecular weight excluding hydrogens is 545 g/mol. The zero-order valence-electron chi connectivity index (χ0n) is 23.0. The molecule has 5 fully saturated rings. The van der Waals surface area contributed by atoms with Gasteiger partial charge in [-0.25, -0.2) is 0 Å². The predicted molar refractivity (Wildman–Crippen MR) is 133 cm³/mol. The second-order valence-corrected chi connectivity index (χ2v) is 12.9. The first kappa shape index (κ1) is 29.1. The third-order valence-electron chi connectivity index (χ3n) is 9.60. The smallest absolute Gasteiger partial charge is 0.355 e. The van der Waals surface area contributed by atoms with Crippen molar-refractivity contribution in [2.45, 2.75) is 101 Å². The first-order chi connectivity index (χ1) is 19.1. The van der Waals surface area contributed by atoms with Crippen LogP contribution in [0.3, 0.4) is 0 Å². The van der Waals surface area contributed by atoms with Gasteiger partial charge in [0.1, 0.15) is 18.1 Å². The van der Waals surface area contributed by atoms with Gasteiger partial charge >= 0.3 is 12.1 Å². The SMILES string of the molecule is CC(OC1(C#N)CC1)C(NC(=O)C(F)(F)F)C(=O)N1CC2C(C1C(=O)NC(C#N)CC1CC3(CC3)NC1=O)C2(C)C. The molecule has 7 atom stereocenters. The normalized spacial score (nSPS) is 31.5. The van der Waals surface area contributed by atoms with E-state index in [1.165, 1.54) is 6.92 Å². The Morgan fingerprint density at radius 1 is 1.17 bits per heavy atom. The Morgan fingerprint density at radius 3 is 2.34 bits per heavy atom. The number of nitrogens with zero attached hydrogens (tertiary/aromatic N) is 3. The summed E-state index contributed by atoms with van der Waals surface area (Å²) >= 11 is 0. The van der Waals surface area contributed by atoms with Crippen LogP contribution < -0.4 is 16.0 Å². The number of likely N-dealkylation sites (tertiary alicyclic amines) is 1. The first-order valence-corrected chi connectivity index (χ1v) is 13.9. The third-order valence-corrected chi connectivity index (χ3v) is 9.60. The number of piperidine rings is 1. The van der Waals surface area contributed by atoms with Gasteiger partial charge in [0, 0.05) is 18.0 Å². The number of amides is 4. The fourth-order valence-corrected chi connectivity index (χ4v) is 6.72. The molecule has 2 saturated heterocycles. The maximum atomic E-state index is 13.8. The molecule has 14 heteroatoms. The molecule has 3 aliphatic carbocycles. The second kappa shape index (κ2) is 9.58. The highest BCUT2D eigenvalue weighted by Crippen LogP contribution is 2.65. The van der Waals surface area contributed by atoms with Crippen LogP contribution >= 0.6 is 0 Å². The van der Waals surface area contributed by atoms with Gasteiger partial charge in [0.15, 0.2) is 5.60 Å². The summed E-state index contributed by atoms with van der Waals surface area (Å²) in [5.41, 5.74) is -1.78. The standard InChI is InChI=1S/C27H33F3N6O5/c1-13(41-26(12-32)6-7-26)18(34-23(40)27(28,29)30)22(39)36-11-16-17(24(16,2)3)19(36)21(38)33-15(10-31)8-14-9-25(4-5-25)35-20(14)37/h13-19H,4-9,11H2,1-3H3,(H,33,38)(H,34,40)(H,35,37). The van der Waals surface area contributed by atoms with Gasteiger partial charge in [-0.15, -0.1) is 0 Å². The Labute approximate surface area is 235 Å². The summed E-state index contributed by atoms with van der Waals surface area (Å²) < 4.78 is 45.2. The summed E-state index contributed by atoms with van der Waals surface area (Å²) in [6.45, 7) is 5.20. The third kappa shape index (κ3) is 5.34. The monoisotopic (exact) mass is 578 g/mol. The van der Waals surface area contributed by atoms with Gasteiger partial charge in [0.2, 0.25) is 17.7 Å². The second-order valence-electron chi connectivity index (χ2n) is 12.9. The van der Waals surface area contributed by atoms with Gasteiger partial charge in [-0.2, -0.15) is 23.7 Å². The van der Waals surface area contributed by atoms with Crippen molar-refractivity contribution in [2.24, 2.45) is 23.2 Å². The average Bonchev–Trinajstić information content (AvgIpc) is 3.83. The van der Waals surface area contributed by atoms with Gasteiger partial charge in [-0.1, -0.05) is 13.8 Å². The predicted octanol–water partition coefficient (Wildman–Crippen LogP) is 1.04. The van der Waals surface area contributed by atoms with Gasteiger partial charge < -0.3 is 25.6 Å². The van der Waals surface area contributed by atoms with E-state index < -0.39 is 59.6 Å². The Hall–Kier alpha value is -3.39. The minimum atomic E-state index is -5.28. The van der Waals surface area contributed by atoms with E-state index in [1.54, 1.807) is 5.32 Å². The van der Waals surface area contributed by atoms with E-state index in [4.69, 9.17) is 4.74 Å². The lowest BCUT2D eigenvalue weighted by atomic mass is 9.95. The molecule has 2 heterocycles. The summed E-state index contributed by atoms with van der Waals surface area (Å²) in [7, 11) is 0. The highest BCUT2D eigenvalue weighted by molar-refractivity contribution is 5.95. The van der Waals surface area contributed by atoms with Crippen molar-refractivity contribution in [1.82, 2.24) is 20.9 Å². The molecule has 3 N–H and O–H groups in total. The van der Waals surface area contributed by atoms with Crippen LogP contribution in [0.1, 0.15) is 59.3 Å². The zero-order valence-corrected chi connectivity index (χ0v) is 23.0. The summed E-state index contributed by atoms with van der Waals surface area (Å²) in [4.78, 5) is 52.8. The van der Waals surface area contributed by atoms with E-state index in [9.17, 15) is 42.9 Å². The van der Waals surface area contributed by atoms with E-state index in [2.05, 4.69) is 10.6 Å². The van der Waals surface area contributed by atoms with E-state index >= 15 is 0 Å². The number of fused-ring (bicyclic) bond motifs is 1. The minimum absolute atomic E-state index is 0.0634. The van der Waals surface area contributed by atoms with Gasteiger partial charge in [0.25, 0.3) is 0 Å². The number of halogens is 3. The number of nitriles is 2. The van der Waals surface area contributed by atoms with Crippen molar-refractivity contribution in [1.29, 1.82) is 10.5 Å². The highest BCUT2D eigenvalue weighted by Gasteiger charge is 2.70. The van der Waals surface area contributed by atoms with Crippen LogP contribution in [0.2, 0.25) is 0 Å². The zero-order chi connectivity index (χ0) is 30.1. The van der Waals surface area contributed by atoms with Crippen LogP contribution in [0.25, 0.3) is 0 Å². The topological polar surface area (TPSA) is 164 Å². The molecule has 222 valence electrons. The van der Waals surface area contributed by atoms with E-state index in [1.807, 2.05) is 26.0 Å². The molecule has 7 unspecified atom stereocenters. The fraction of sp³-hybridized carbons (Fsp3) is 0.778. The number of hydrogen-bond acceptors (Lipinski definition) is 7. The van der Waals surface area contributed by atoms with Crippen molar-refractivity contribution in [2.75, 3.05) is 6.54 Å². The molecular formula is C27H33F3N6O5. The molecule has 5 aliphatic rings. The molecule has 41 heavy (non-hydrogen) atoms. The lowest BCUT2D eigenvalue weighted by Gasteiger charge is -2.35. The van der Waals surface area contributed by atoms with E-state index in [0.29, 0.717) is 19.3 Å². The number of rotatable bonds is 9. The Balaban J connectivity index is 1.33. The Morgan fingerprint density at radius 2 is 1.83 bits per heavy atom. The van der Waals surface area contributed by atoms with Crippen LogP contribution in [-0.2, 0) is 23.9 Å². The van der Waals surface area contributed by atoms with Gasteiger partial charge in [-0.3, -0.25) is 19.2 Å². The van der Waals surface area contributed by atoms with Crippen LogP contribution in [0.4, 0.5) is 13.2 Å². The minimum Gasteiger partial charge on any atom is -0.355 e. The number of alkyl halides is 3. The molecule has 2 aliphatic heterocycles. The lowest BCUT2D eigenvalue weighted by molar-refractivity contribution is -0.177. The molecule has 0 bridgehead atoms. The molecule has 0 radical (unpaired) electrons. The number of ether oxygens (including phenoxy) is 1. The van der Waals surface area contributed by atoms with Crippen molar-refractivity contribution in [3.8, 4) is 12.1 Å². The van der Waals surface area contributed by atoms with Crippen molar-refractivity contribution in [3.63, 3.8) is 0 Å². The maximum absolute atomic E-state index is 13.8. The van der Waals surface area contributed by atoms with Crippen LogP contribution in [-0.4, -0.2) is 76.6 Å².